The fourth-order valence-electron chi connectivity index (χ4n) is 3.74. The second-order valence-electron chi connectivity index (χ2n) is 7.82. The Kier molecular flexibility index (Phi) is 7.82. The minimum Gasteiger partial charge on any atom is -0.349 e. The number of carbonyl (C=O) groups is 2. The number of nitriles is 1. The molecule has 0 fully saturated rings. The molecule has 168 valence electrons. The van der Waals surface area contributed by atoms with Crippen molar-refractivity contribution in [3.05, 3.63) is 94.8 Å². The minimum atomic E-state index is -0.955. The number of amides is 2. The summed E-state index contributed by atoms with van der Waals surface area (Å²) in [6.45, 7) is 6.95. The van der Waals surface area contributed by atoms with Crippen molar-refractivity contribution in [2.75, 3.05) is 5.32 Å². The smallest absolute Gasteiger partial charge is 0.262 e. The molecule has 0 saturated carbocycles. The zero-order chi connectivity index (χ0) is 23.8. The Labute approximate surface area is 194 Å². The molecule has 6 heteroatoms. The number of carbonyl (C=O) groups excluding carboxylic acids is 2. The lowest BCUT2D eigenvalue weighted by Gasteiger charge is -2.19. The van der Waals surface area contributed by atoms with Crippen LogP contribution >= 0.6 is 0 Å². The van der Waals surface area contributed by atoms with Crippen LogP contribution in [0.3, 0.4) is 0 Å². The normalized spacial score (nSPS) is 12.0. The summed E-state index contributed by atoms with van der Waals surface area (Å²) in [5.74, 6) is -0.992. The van der Waals surface area contributed by atoms with Crippen molar-refractivity contribution in [1.82, 2.24) is 9.88 Å². The van der Waals surface area contributed by atoms with Gasteiger partial charge in [0, 0.05) is 23.6 Å². The maximum absolute atomic E-state index is 13.1. The maximum atomic E-state index is 13.1. The van der Waals surface area contributed by atoms with E-state index in [1.165, 1.54) is 0 Å². The van der Waals surface area contributed by atoms with Gasteiger partial charge >= 0.3 is 0 Å². The molecule has 1 heterocycles. The molecule has 0 bridgehead atoms. The number of anilines is 1. The first-order valence-corrected chi connectivity index (χ1v) is 10.9. The van der Waals surface area contributed by atoms with Gasteiger partial charge in [-0.15, -0.1) is 0 Å². The molecule has 1 unspecified atom stereocenters. The van der Waals surface area contributed by atoms with Gasteiger partial charge in [0.25, 0.3) is 11.8 Å². The number of hydrogen-bond donors (Lipinski definition) is 2. The summed E-state index contributed by atoms with van der Waals surface area (Å²) in [6, 6.07) is 21.0. The van der Waals surface area contributed by atoms with E-state index in [1.54, 1.807) is 42.5 Å². The van der Waals surface area contributed by atoms with E-state index < -0.39 is 11.9 Å². The third-order valence-electron chi connectivity index (χ3n) is 5.44. The Hall–Kier alpha value is -4.11. The summed E-state index contributed by atoms with van der Waals surface area (Å²) < 4.78 is 2.17. The summed E-state index contributed by atoms with van der Waals surface area (Å²) >= 11 is 0. The predicted molar refractivity (Wildman–Crippen MR) is 130 cm³/mol. The number of nitrogens with zero attached hydrogens (tertiary/aromatic N) is 2. The number of nitrogens with one attached hydrogen (secondary N) is 2. The van der Waals surface area contributed by atoms with Crippen LogP contribution in [0, 0.1) is 25.2 Å². The predicted octanol–water partition coefficient (Wildman–Crippen LogP) is 4.92. The number of benzene rings is 2. The highest BCUT2D eigenvalue weighted by Gasteiger charge is 2.24. The first-order chi connectivity index (χ1) is 15.9. The topological polar surface area (TPSA) is 86.9 Å². The average molecular weight is 441 g/mol. The van der Waals surface area contributed by atoms with Crippen LogP contribution in [0.5, 0.6) is 0 Å². The van der Waals surface area contributed by atoms with Crippen molar-refractivity contribution in [2.45, 2.75) is 39.8 Å². The highest BCUT2D eigenvalue weighted by Crippen LogP contribution is 2.20. The molecular formula is C27H28N4O2. The highest BCUT2D eigenvalue weighted by atomic mass is 16.2. The van der Waals surface area contributed by atoms with E-state index in [4.69, 9.17) is 0 Å². The first-order valence-electron chi connectivity index (χ1n) is 10.9. The molecule has 2 aromatic carbocycles. The van der Waals surface area contributed by atoms with Crippen LogP contribution in [0.25, 0.3) is 6.08 Å². The van der Waals surface area contributed by atoms with Crippen LogP contribution in [0.15, 0.2) is 72.3 Å². The van der Waals surface area contributed by atoms with Gasteiger partial charge in [0.1, 0.15) is 17.7 Å². The molecule has 6 nitrogen and oxygen atoms in total. The number of aromatic nitrogens is 1. The second-order valence-corrected chi connectivity index (χ2v) is 7.82. The molecule has 3 rings (SSSR count). The van der Waals surface area contributed by atoms with Gasteiger partial charge < -0.3 is 15.2 Å². The van der Waals surface area contributed by atoms with Gasteiger partial charge in [-0.3, -0.25) is 9.59 Å². The number of para-hydroxylation sites is 1. The van der Waals surface area contributed by atoms with E-state index in [0.29, 0.717) is 11.3 Å². The van der Waals surface area contributed by atoms with Gasteiger partial charge in [-0.05, 0) is 55.7 Å². The zero-order valence-electron chi connectivity index (χ0n) is 19.1. The van der Waals surface area contributed by atoms with Crippen molar-refractivity contribution in [3.8, 4) is 6.07 Å². The van der Waals surface area contributed by atoms with Crippen LogP contribution < -0.4 is 10.6 Å². The number of aryl methyl sites for hydroxylation is 1. The number of hydrogen-bond acceptors (Lipinski definition) is 3. The summed E-state index contributed by atoms with van der Waals surface area (Å²) in [6.07, 6.45) is 2.57. The molecule has 0 aliphatic rings. The molecule has 33 heavy (non-hydrogen) atoms. The van der Waals surface area contributed by atoms with Gasteiger partial charge in [0.2, 0.25) is 0 Å². The summed E-state index contributed by atoms with van der Waals surface area (Å²) in [4.78, 5) is 26.1. The van der Waals surface area contributed by atoms with E-state index in [0.717, 1.165) is 29.9 Å². The quantitative estimate of drug-likeness (QED) is 0.385. The molecule has 3 aromatic rings. The molecule has 0 spiro atoms. The van der Waals surface area contributed by atoms with Crippen LogP contribution in [0.1, 0.15) is 41.9 Å². The summed E-state index contributed by atoms with van der Waals surface area (Å²) in [5.41, 5.74) is 4.08. The van der Waals surface area contributed by atoms with Crippen molar-refractivity contribution >= 4 is 23.6 Å². The third kappa shape index (κ3) is 5.78. The molecule has 0 aliphatic carbocycles. The third-order valence-corrected chi connectivity index (χ3v) is 5.44. The largest absolute Gasteiger partial charge is 0.349 e. The second kappa shape index (κ2) is 11.0. The van der Waals surface area contributed by atoms with E-state index in [-0.39, 0.29) is 11.5 Å². The fourth-order valence-corrected chi connectivity index (χ4v) is 3.74. The number of rotatable bonds is 8. The van der Waals surface area contributed by atoms with Gasteiger partial charge in [-0.25, -0.2) is 0 Å². The van der Waals surface area contributed by atoms with Gasteiger partial charge in [0.05, 0.1) is 0 Å². The SMILES string of the molecule is CCCn1c(C)cc(/C=C(\C#N)C(=O)NC(C(=O)Nc2ccccc2)c2ccccc2)c1C. The standard InChI is InChI=1S/C27H28N4O2/c1-4-15-31-19(2)16-22(20(31)3)17-23(18-28)26(32)30-25(21-11-7-5-8-12-21)27(33)29-24-13-9-6-10-14-24/h5-14,16-17,25H,4,15H2,1-3H3,(H,29,33)(H,30,32)/b23-17+. The van der Waals surface area contributed by atoms with Crippen LogP contribution in [-0.2, 0) is 16.1 Å². The summed E-state index contributed by atoms with van der Waals surface area (Å²) in [7, 11) is 0. The molecule has 1 atom stereocenters. The first kappa shape index (κ1) is 23.6. The van der Waals surface area contributed by atoms with Crippen LogP contribution in [0.2, 0.25) is 0 Å². The van der Waals surface area contributed by atoms with Crippen molar-refractivity contribution in [2.24, 2.45) is 0 Å². The Bertz CT molecular complexity index is 1190. The van der Waals surface area contributed by atoms with Crippen molar-refractivity contribution in [1.29, 1.82) is 5.26 Å². The van der Waals surface area contributed by atoms with E-state index in [1.807, 2.05) is 50.2 Å². The van der Waals surface area contributed by atoms with Gasteiger partial charge in [-0.2, -0.15) is 5.26 Å². The average Bonchev–Trinajstić information content (AvgIpc) is 3.09. The van der Waals surface area contributed by atoms with E-state index >= 15 is 0 Å². The molecule has 0 saturated heterocycles. The Balaban J connectivity index is 1.88. The lowest BCUT2D eigenvalue weighted by atomic mass is 10.0. The molecule has 2 N–H and O–H groups in total. The van der Waals surface area contributed by atoms with Gasteiger partial charge in [0.15, 0.2) is 0 Å². The van der Waals surface area contributed by atoms with Crippen molar-refractivity contribution in [3.63, 3.8) is 0 Å². The van der Waals surface area contributed by atoms with E-state index in [9.17, 15) is 14.9 Å². The van der Waals surface area contributed by atoms with E-state index in [2.05, 4.69) is 22.1 Å². The Morgan fingerprint density at radius 2 is 1.70 bits per heavy atom. The highest BCUT2D eigenvalue weighted by molar-refractivity contribution is 6.05. The maximum Gasteiger partial charge on any atom is 0.262 e. The lowest BCUT2D eigenvalue weighted by Crippen LogP contribution is -2.37. The van der Waals surface area contributed by atoms with Gasteiger partial charge in [-0.1, -0.05) is 55.5 Å². The molecule has 2 amide bonds. The molecule has 0 aliphatic heterocycles. The monoisotopic (exact) mass is 440 g/mol. The van der Waals surface area contributed by atoms with Crippen LogP contribution in [0.4, 0.5) is 5.69 Å². The molecule has 0 radical (unpaired) electrons. The fraction of sp³-hybridized carbons (Fsp3) is 0.222. The lowest BCUT2D eigenvalue weighted by molar-refractivity contribution is -0.124. The Morgan fingerprint density at radius 3 is 2.30 bits per heavy atom. The Morgan fingerprint density at radius 1 is 1.06 bits per heavy atom. The summed E-state index contributed by atoms with van der Waals surface area (Å²) in [5, 5.41) is 15.3. The zero-order valence-corrected chi connectivity index (χ0v) is 19.1. The van der Waals surface area contributed by atoms with Crippen LogP contribution in [-0.4, -0.2) is 16.4 Å². The molecule has 1 aromatic heterocycles. The minimum absolute atomic E-state index is 0.0554. The molecular weight excluding hydrogens is 412 g/mol. The van der Waals surface area contributed by atoms with Crippen molar-refractivity contribution < 1.29 is 9.59 Å².